The lowest BCUT2D eigenvalue weighted by Crippen LogP contribution is -2.32. The van der Waals surface area contributed by atoms with Gasteiger partial charge < -0.3 is 10.4 Å². The Morgan fingerprint density at radius 3 is 2.47 bits per heavy atom. The first-order chi connectivity index (χ1) is 7.14. The number of aliphatic hydroxyl groups is 1. The van der Waals surface area contributed by atoms with Gasteiger partial charge in [-0.15, -0.1) is 0 Å². The third kappa shape index (κ3) is 5.53. The molecule has 1 rings (SSSR count). The Kier molecular flexibility index (Phi) is 5.62. The van der Waals surface area contributed by atoms with E-state index in [2.05, 4.69) is 19.2 Å². The van der Waals surface area contributed by atoms with Gasteiger partial charge in [0.1, 0.15) is 0 Å². The second kappa shape index (κ2) is 6.49. The molecule has 0 radical (unpaired) electrons. The highest BCUT2D eigenvalue weighted by molar-refractivity contribution is 4.73. The van der Waals surface area contributed by atoms with E-state index in [1.807, 2.05) is 0 Å². The van der Waals surface area contributed by atoms with Gasteiger partial charge >= 0.3 is 0 Å². The van der Waals surface area contributed by atoms with Gasteiger partial charge in [0.25, 0.3) is 0 Å². The molecule has 0 aromatic carbocycles. The molecule has 0 aromatic rings. The summed E-state index contributed by atoms with van der Waals surface area (Å²) in [6, 6.07) is 0.774. The highest BCUT2D eigenvalue weighted by atomic mass is 16.3. The Balaban J connectivity index is 2.00. The zero-order valence-electron chi connectivity index (χ0n) is 10.4. The molecule has 1 saturated carbocycles. The second-order valence-corrected chi connectivity index (χ2v) is 5.71. The van der Waals surface area contributed by atoms with Crippen LogP contribution in [-0.2, 0) is 0 Å². The van der Waals surface area contributed by atoms with Crippen LogP contribution in [0.25, 0.3) is 0 Å². The van der Waals surface area contributed by atoms with Crippen molar-refractivity contribution in [3.05, 3.63) is 0 Å². The van der Waals surface area contributed by atoms with Crippen LogP contribution < -0.4 is 5.32 Å². The van der Waals surface area contributed by atoms with Crippen LogP contribution >= 0.6 is 0 Å². The molecule has 0 heterocycles. The number of rotatable bonds is 6. The van der Waals surface area contributed by atoms with Gasteiger partial charge in [0, 0.05) is 12.6 Å². The molecular weight excluding hydrogens is 186 g/mol. The van der Waals surface area contributed by atoms with Crippen molar-refractivity contribution in [2.24, 2.45) is 5.41 Å². The van der Waals surface area contributed by atoms with Crippen molar-refractivity contribution in [3.8, 4) is 0 Å². The molecule has 15 heavy (non-hydrogen) atoms. The summed E-state index contributed by atoms with van der Waals surface area (Å²) in [5.41, 5.74) is 0.105. The van der Waals surface area contributed by atoms with Gasteiger partial charge in [-0.25, -0.2) is 0 Å². The summed E-state index contributed by atoms with van der Waals surface area (Å²) in [6.07, 6.45) is 9.26. The Morgan fingerprint density at radius 1 is 1.20 bits per heavy atom. The van der Waals surface area contributed by atoms with Crippen LogP contribution in [0.5, 0.6) is 0 Å². The maximum Gasteiger partial charge on any atom is 0.0482 e. The Morgan fingerprint density at radius 2 is 1.87 bits per heavy atom. The van der Waals surface area contributed by atoms with Crippen molar-refractivity contribution in [3.63, 3.8) is 0 Å². The zero-order chi connectivity index (χ0) is 11.1. The van der Waals surface area contributed by atoms with Gasteiger partial charge in [-0.1, -0.05) is 33.1 Å². The quantitative estimate of drug-likeness (QED) is 0.665. The van der Waals surface area contributed by atoms with E-state index in [9.17, 15) is 0 Å². The number of hydrogen-bond donors (Lipinski definition) is 2. The normalized spacial score (nSPS) is 19.4. The predicted molar refractivity (Wildman–Crippen MR) is 65.0 cm³/mol. The van der Waals surface area contributed by atoms with E-state index >= 15 is 0 Å². The molecule has 90 valence electrons. The minimum Gasteiger partial charge on any atom is -0.396 e. The Hall–Kier alpha value is -0.0800. The van der Waals surface area contributed by atoms with E-state index < -0.39 is 0 Å². The van der Waals surface area contributed by atoms with Crippen LogP contribution in [0, 0.1) is 5.41 Å². The predicted octanol–water partition coefficient (Wildman–Crippen LogP) is 2.71. The van der Waals surface area contributed by atoms with E-state index in [1.165, 1.54) is 38.5 Å². The van der Waals surface area contributed by atoms with Crippen molar-refractivity contribution in [2.45, 2.75) is 64.8 Å². The summed E-state index contributed by atoms with van der Waals surface area (Å²) in [5.74, 6) is 0. The fourth-order valence-electron chi connectivity index (χ4n) is 2.26. The fourth-order valence-corrected chi connectivity index (χ4v) is 2.26. The lowest BCUT2D eigenvalue weighted by atomic mass is 9.89. The molecule has 0 unspecified atom stereocenters. The van der Waals surface area contributed by atoms with Crippen LogP contribution in [0.1, 0.15) is 58.8 Å². The molecule has 0 saturated heterocycles. The van der Waals surface area contributed by atoms with Crippen molar-refractivity contribution < 1.29 is 5.11 Å². The fraction of sp³-hybridized carbons (Fsp3) is 1.00. The lowest BCUT2D eigenvalue weighted by Gasteiger charge is -2.25. The zero-order valence-corrected chi connectivity index (χ0v) is 10.4. The monoisotopic (exact) mass is 213 g/mol. The summed E-state index contributed by atoms with van der Waals surface area (Å²) in [7, 11) is 0. The smallest absolute Gasteiger partial charge is 0.0482 e. The van der Waals surface area contributed by atoms with Crippen molar-refractivity contribution in [1.29, 1.82) is 0 Å². The third-order valence-electron chi connectivity index (χ3n) is 3.50. The van der Waals surface area contributed by atoms with Crippen LogP contribution in [0.4, 0.5) is 0 Å². The highest BCUT2D eigenvalue weighted by Gasteiger charge is 2.16. The summed E-state index contributed by atoms with van der Waals surface area (Å²) in [4.78, 5) is 0. The molecule has 1 aliphatic carbocycles. The molecule has 2 heteroatoms. The molecule has 2 nitrogen and oxygen atoms in total. The number of nitrogens with one attached hydrogen (secondary N) is 1. The molecule has 2 N–H and O–H groups in total. The first-order valence-electron chi connectivity index (χ1n) is 6.48. The highest BCUT2D eigenvalue weighted by Crippen LogP contribution is 2.21. The van der Waals surface area contributed by atoms with Gasteiger partial charge in [0.2, 0.25) is 0 Å². The summed E-state index contributed by atoms with van der Waals surface area (Å²) in [6.45, 7) is 5.69. The average Bonchev–Trinajstić information content (AvgIpc) is 2.26. The van der Waals surface area contributed by atoms with Gasteiger partial charge in [0.05, 0.1) is 0 Å². The maximum absolute atomic E-state index is 9.12. The van der Waals surface area contributed by atoms with Crippen molar-refractivity contribution >= 4 is 0 Å². The molecule has 0 amide bonds. The summed E-state index contributed by atoms with van der Waals surface area (Å²) >= 11 is 0. The summed E-state index contributed by atoms with van der Waals surface area (Å²) in [5, 5.41) is 12.8. The average molecular weight is 213 g/mol. The first kappa shape index (κ1) is 13.0. The van der Waals surface area contributed by atoms with Gasteiger partial charge in [-0.05, 0) is 37.6 Å². The van der Waals surface area contributed by atoms with E-state index in [4.69, 9.17) is 5.11 Å². The minimum atomic E-state index is 0.105. The Bertz CT molecular complexity index is 162. The van der Waals surface area contributed by atoms with Crippen LogP contribution in [0.3, 0.4) is 0 Å². The maximum atomic E-state index is 9.12. The first-order valence-corrected chi connectivity index (χ1v) is 6.48. The van der Waals surface area contributed by atoms with Gasteiger partial charge in [0.15, 0.2) is 0 Å². The Labute approximate surface area is 94.5 Å². The largest absolute Gasteiger partial charge is 0.396 e. The van der Waals surface area contributed by atoms with E-state index in [-0.39, 0.29) is 5.41 Å². The van der Waals surface area contributed by atoms with Crippen molar-refractivity contribution in [2.75, 3.05) is 13.2 Å². The minimum absolute atomic E-state index is 0.105. The van der Waals surface area contributed by atoms with Crippen LogP contribution in [0.2, 0.25) is 0 Å². The molecule has 0 aliphatic heterocycles. The topological polar surface area (TPSA) is 32.3 Å². The lowest BCUT2D eigenvalue weighted by molar-refractivity contribution is 0.147. The van der Waals surface area contributed by atoms with E-state index in [0.29, 0.717) is 6.61 Å². The number of aliphatic hydroxyl groups excluding tert-OH is 1. The number of hydrogen-bond acceptors (Lipinski definition) is 2. The van der Waals surface area contributed by atoms with E-state index in [0.717, 1.165) is 19.0 Å². The molecule has 1 aliphatic rings. The third-order valence-corrected chi connectivity index (χ3v) is 3.50. The van der Waals surface area contributed by atoms with Crippen LogP contribution in [-0.4, -0.2) is 24.3 Å². The molecule has 1 fully saturated rings. The SMILES string of the molecule is CC(C)(CO)CCCNC1CCCCC1. The molecule has 0 bridgehead atoms. The summed E-state index contributed by atoms with van der Waals surface area (Å²) < 4.78 is 0. The molecule has 0 spiro atoms. The van der Waals surface area contributed by atoms with Gasteiger partial charge in [-0.3, -0.25) is 0 Å². The van der Waals surface area contributed by atoms with E-state index in [1.54, 1.807) is 0 Å². The molecular formula is C13H27NO. The second-order valence-electron chi connectivity index (χ2n) is 5.71. The standard InChI is InChI=1S/C13H27NO/c1-13(2,11-15)9-6-10-14-12-7-4-3-5-8-12/h12,14-15H,3-11H2,1-2H3. The van der Waals surface area contributed by atoms with Gasteiger partial charge in [-0.2, -0.15) is 0 Å². The molecule has 0 aromatic heterocycles. The van der Waals surface area contributed by atoms with Crippen molar-refractivity contribution in [1.82, 2.24) is 5.32 Å². The molecule has 0 atom stereocenters. The van der Waals surface area contributed by atoms with Crippen LogP contribution in [0.15, 0.2) is 0 Å².